The summed E-state index contributed by atoms with van der Waals surface area (Å²) in [4.78, 5) is 3.35. The third kappa shape index (κ3) is 5.08. The molecule has 0 fully saturated rings. The van der Waals surface area contributed by atoms with Gasteiger partial charge in [0.25, 0.3) is 0 Å². The fourth-order valence-corrected chi connectivity index (χ4v) is 2.74. The Morgan fingerprint density at radius 2 is 2.33 bits per heavy atom. The second kappa shape index (κ2) is 6.60. The topological polar surface area (TPSA) is 43.7 Å². The smallest absolute Gasteiger partial charge is 0.0897 e. The van der Waals surface area contributed by atoms with Crippen LogP contribution in [0.2, 0.25) is 0 Å². The second-order valence-corrected chi connectivity index (χ2v) is 5.49. The molecule has 0 amide bonds. The van der Waals surface area contributed by atoms with Gasteiger partial charge in [0.15, 0.2) is 0 Å². The SMILES string of the molecule is CN(CCc1cc(Br)cs1)CC(O)CO. The molecule has 1 heterocycles. The first-order chi connectivity index (χ1) is 7.11. The standard InChI is InChI=1S/C10H16BrNO2S/c1-12(5-9(14)6-13)3-2-10-4-8(11)7-15-10/h4,7,9,13-14H,2-3,5-6H2,1H3. The molecule has 0 saturated heterocycles. The molecule has 0 aliphatic heterocycles. The number of rotatable bonds is 6. The fourth-order valence-electron chi connectivity index (χ4n) is 1.29. The van der Waals surface area contributed by atoms with Crippen molar-refractivity contribution in [3.05, 3.63) is 20.8 Å². The lowest BCUT2D eigenvalue weighted by Crippen LogP contribution is -2.32. The third-order valence-corrected chi connectivity index (χ3v) is 3.85. The Morgan fingerprint density at radius 3 is 2.87 bits per heavy atom. The summed E-state index contributed by atoms with van der Waals surface area (Å²) >= 11 is 5.15. The molecule has 3 nitrogen and oxygen atoms in total. The molecule has 15 heavy (non-hydrogen) atoms. The molecule has 0 aromatic carbocycles. The number of aliphatic hydroxyl groups is 2. The van der Waals surface area contributed by atoms with E-state index in [1.807, 2.05) is 11.9 Å². The summed E-state index contributed by atoms with van der Waals surface area (Å²) in [5.41, 5.74) is 0. The Kier molecular flexibility index (Phi) is 5.78. The van der Waals surface area contributed by atoms with Crippen LogP contribution in [-0.2, 0) is 6.42 Å². The lowest BCUT2D eigenvalue weighted by Gasteiger charge is -2.18. The number of aliphatic hydroxyl groups excluding tert-OH is 2. The maximum absolute atomic E-state index is 9.23. The van der Waals surface area contributed by atoms with Gasteiger partial charge in [0.2, 0.25) is 0 Å². The molecular weight excluding hydrogens is 278 g/mol. The molecule has 0 radical (unpaired) electrons. The summed E-state index contributed by atoms with van der Waals surface area (Å²) in [6, 6.07) is 2.11. The van der Waals surface area contributed by atoms with Gasteiger partial charge in [-0.05, 0) is 35.5 Å². The van der Waals surface area contributed by atoms with Crippen molar-refractivity contribution in [3.63, 3.8) is 0 Å². The molecule has 0 aliphatic carbocycles. The Labute approximate surface area is 102 Å². The predicted octanol–water partition coefficient (Wildman–Crippen LogP) is 1.34. The van der Waals surface area contributed by atoms with E-state index in [1.54, 1.807) is 11.3 Å². The minimum atomic E-state index is -0.634. The van der Waals surface area contributed by atoms with E-state index >= 15 is 0 Å². The molecule has 0 aliphatic rings. The van der Waals surface area contributed by atoms with Crippen molar-refractivity contribution in [1.82, 2.24) is 4.90 Å². The maximum Gasteiger partial charge on any atom is 0.0897 e. The number of halogens is 1. The van der Waals surface area contributed by atoms with Crippen LogP contribution in [0.3, 0.4) is 0 Å². The molecular formula is C10H16BrNO2S. The molecule has 5 heteroatoms. The van der Waals surface area contributed by atoms with Crippen molar-refractivity contribution in [2.45, 2.75) is 12.5 Å². The molecule has 1 unspecified atom stereocenters. The van der Waals surface area contributed by atoms with E-state index in [2.05, 4.69) is 27.4 Å². The summed E-state index contributed by atoms with van der Waals surface area (Å²) < 4.78 is 1.13. The van der Waals surface area contributed by atoms with Gasteiger partial charge in [0, 0.05) is 27.8 Å². The van der Waals surface area contributed by atoms with Crippen LogP contribution in [0.1, 0.15) is 4.88 Å². The number of nitrogens with zero attached hydrogens (tertiary/aromatic N) is 1. The van der Waals surface area contributed by atoms with E-state index in [-0.39, 0.29) is 6.61 Å². The van der Waals surface area contributed by atoms with Crippen LogP contribution < -0.4 is 0 Å². The first-order valence-electron chi connectivity index (χ1n) is 4.82. The molecule has 1 aromatic heterocycles. The average molecular weight is 294 g/mol. The van der Waals surface area contributed by atoms with Crippen LogP contribution in [0.15, 0.2) is 15.9 Å². The monoisotopic (exact) mass is 293 g/mol. The number of likely N-dealkylation sites (N-methyl/N-ethyl adjacent to an activating group) is 1. The van der Waals surface area contributed by atoms with E-state index in [1.165, 1.54) is 4.88 Å². The molecule has 86 valence electrons. The molecule has 0 bridgehead atoms. The van der Waals surface area contributed by atoms with Crippen LogP contribution in [-0.4, -0.2) is 48.0 Å². The summed E-state index contributed by atoms with van der Waals surface area (Å²) in [6.07, 6.45) is 0.343. The van der Waals surface area contributed by atoms with Crippen LogP contribution >= 0.6 is 27.3 Å². The van der Waals surface area contributed by atoms with E-state index in [4.69, 9.17) is 5.11 Å². The van der Waals surface area contributed by atoms with Gasteiger partial charge in [-0.15, -0.1) is 11.3 Å². The highest BCUT2D eigenvalue weighted by Crippen LogP contribution is 2.20. The average Bonchev–Trinajstić information content (AvgIpc) is 2.61. The van der Waals surface area contributed by atoms with Gasteiger partial charge in [-0.2, -0.15) is 0 Å². The van der Waals surface area contributed by atoms with Gasteiger partial charge in [0.05, 0.1) is 12.7 Å². The molecule has 0 saturated carbocycles. The van der Waals surface area contributed by atoms with Crippen molar-refractivity contribution in [2.75, 3.05) is 26.7 Å². The largest absolute Gasteiger partial charge is 0.394 e. The Bertz CT molecular complexity index is 293. The second-order valence-electron chi connectivity index (χ2n) is 3.58. The van der Waals surface area contributed by atoms with Crippen molar-refractivity contribution in [3.8, 4) is 0 Å². The van der Waals surface area contributed by atoms with Crippen molar-refractivity contribution in [1.29, 1.82) is 0 Å². The third-order valence-electron chi connectivity index (χ3n) is 2.09. The quantitative estimate of drug-likeness (QED) is 0.832. The number of hydrogen-bond donors (Lipinski definition) is 2. The zero-order valence-electron chi connectivity index (χ0n) is 8.69. The summed E-state index contributed by atoms with van der Waals surface area (Å²) in [7, 11) is 1.95. The van der Waals surface area contributed by atoms with Gasteiger partial charge < -0.3 is 15.1 Å². The van der Waals surface area contributed by atoms with Gasteiger partial charge >= 0.3 is 0 Å². The van der Waals surface area contributed by atoms with Crippen LogP contribution in [0.5, 0.6) is 0 Å². The maximum atomic E-state index is 9.23. The Morgan fingerprint density at radius 1 is 1.60 bits per heavy atom. The van der Waals surface area contributed by atoms with E-state index < -0.39 is 6.10 Å². The van der Waals surface area contributed by atoms with Crippen LogP contribution in [0.4, 0.5) is 0 Å². The predicted molar refractivity (Wildman–Crippen MR) is 66.3 cm³/mol. The van der Waals surface area contributed by atoms with Crippen molar-refractivity contribution in [2.24, 2.45) is 0 Å². The first-order valence-corrected chi connectivity index (χ1v) is 6.49. The molecule has 1 atom stereocenters. The molecule has 1 aromatic rings. The normalized spacial score (nSPS) is 13.4. The molecule has 1 rings (SSSR count). The minimum absolute atomic E-state index is 0.172. The Hall–Kier alpha value is 0.0600. The number of hydrogen-bond acceptors (Lipinski definition) is 4. The highest BCUT2D eigenvalue weighted by molar-refractivity contribution is 9.10. The highest BCUT2D eigenvalue weighted by atomic mass is 79.9. The van der Waals surface area contributed by atoms with Crippen LogP contribution in [0.25, 0.3) is 0 Å². The summed E-state index contributed by atoms with van der Waals surface area (Å²) in [5.74, 6) is 0. The number of thiophene rings is 1. The van der Waals surface area contributed by atoms with Crippen molar-refractivity contribution >= 4 is 27.3 Å². The summed E-state index contributed by atoms with van der Waals surface area (Å²) in [6.45, 7) is 1.24. The van der Waals surface area contributed by atoms with Crippen LogP contribution in [0, 0.1) is 0 Å². The van der Waals surface area contributed by atoms with E-state index in [9.17, 15) is 5.11 Å². The highest BCUT2D eigenvalue weighted by Gasteiger charge is 2.07. The van der Waals surface area contributed by atoms with E-state index in [0.29, 0.717) is 6.54 Å². The van der Waals surface area contributed by atoms with E-state index in [0.717, 1.165) is 17.4 Å². The molecule has 2 N–H and O–H groups in total. The van der Waals surface area contributed by atoms with Gasteiger partial charge in [0.1, 0.15) is 0 Å². The fraction of sp³-hybridized carbons (Fsp3) is 0.600. The van der Waals surface area contributed by atoms with Gasteiger partial charge in [-0.3, -0.25) is 0 Å². The lowest BCUT2D eigenvalue weighted by atomic mass is 10.3. The van der Waals surface area contributed by atoms with Gasteiger partial charge in [-0.25, -0.2) is 0 Å². The summed E-state index contributed by atoms with van der Waals surface area (Å²) in [5, 5.41) is 20.0. The van der Waals surface area contributed by atoms with Crippen molar-refractivity contribution < 1.29 is 10.2 Å². The van der Waals surface area contributed by atoms with Gasteiger partial charge in [-0.1, -0.05) is 0 Å². The minimum Gasteiger partial charge on any atom is -0.394 e. The molecule has 0 spiro atoms. The zero-order chi connectivity index (χ0) is 11.3. The Balaban J connectivity index is 2.25. The zero-order valence-corrected chi connectivity index (χ0v) is 11.1. The lowest BCUT2D eigenvalue weighted by molar-refractivity contribution is 0.0670. The first kappa shape index (κ1) is 13.1.